The minimum atomic E-state index is 0.433. The van der Waals surface area contributed by atoms with Gasteiger partial charge in [-0.15, -0.1) is 0 Å². The van der Waals surface area contributed by atoms with Gasteiger partial charge in [0.05, 0.1) is 10.1 Å². The molecule has 84 valence electrons. The Bertz CT molecular complexity index is 614. The Morgan fingerprint density at radius 2 is 2.06 bits per heavy atom. The molecule has 0 N–H and O–H groups in total. The number of rotatable bonds is 1. The standard InChI is InChI=1S/C12H14N2O2/c1-4-10-9(3)13(15)12-7-8(2)5-6-11(12)14(10)16/h5-7H,4H2,1-3H3. The lowest BCUT2D eigenvalue weighted by molar-refractivity contribution is -0.475. The van der Waals surface area contributed by atoms with Crippen LogP contribution in [0.5, 0.6) is 0 Å². The van der Waals surface area contributed by atoms with Gasteiger partial charge in [-0.2, -0.15) is 0 Å². The molecule has 4 nitrogen and oxygen atoms in total. The number of aromatic nitrogens is 2. The minimum absolute atomic E-state index is 0.433. The predicted octanol–water partition coefficient (Wildman–Crippen LogP) is 2.08. The Hall–Kier alpha value is -1.84. The van der Waals surface area contributed by atoms with Crippen LogP contribution in [0.3, 0.4) is 0 Å². The van der Waals surface area contributed by atoms with Gasteiger partial charge in [0.15, 0.2) is 0 Å². The fraction of sp³-hybridized carbons (Fsp3) is 0.333. The van der Waals surface area contributed by atoms with Crippen LogP contribution in [-0.2, 0) is 6.42 Å². The molecule has 0 aliphatic heterocycles. The van der Waals surface area contributed by atoms with Gasteiger partial charge in [-0.05, 0) is 25.5 Å². The van der Waals surface area contributed by atoms with E-state index in [2.05, 4.69) is 0 Å². The highest BCUT2D eigenvalue weighted by Crippen LogP contribution is 2.15. The Morgan fingerprint density at radius 1 is 1.38 bits per heavy atom. The molecule has 0 amide bonds. The van der Waals surface area contributed by atoms with Crippen LogP contribution in [0.15, 0.2) is 18.2 Å². The van der Waals surface area contributed by atoms with Crippen molar-refractivity contribution >= 4 is 11.0 Å². The molecule has 0 atom stereocenters. The second kappa shape index (κ2) is 3.63. The predicted molar refractivity (Wildman–Crippen MR) is 62.9 cm³/mol. The maximum Gasteiger partial charge on any atom is 0.286 e. The smallest absolute Gasteiger partial charge is 0.286 e. The molecule has 0 unspecified atom stereocenters. The van der Waals surface area contributed by atoms with Gasteiger partial charge in [0.25, 0.3) is 11.2 Å². The first kappa shape index (κ1) is 10.7. The van der Waals surface area contributed by atoms with E-state index in [0.717, 1.165) is 14.7 Å². The summed E-state index contributed by atoms with van der Waals surface area (Å²) in [6.45, 7) is 5.45. The number of hydrogen-bond acceptors (Lipinski definition) is 2. The summed E-state index contributed by atoms with van der Waals surface area (Å²) in [7, 11) is 0. The van der Waals surface area contributed by atoms with Crippen LogP contribution in [0, 0.1) is 24.0 Å². The molecule has 0 aliphatic rings. The summed E-state index contributed by atoms with van der Waals surface area (Å²) in [6.07, 6.45) is 0.557. The molecule has 4 heteroatoms. The van der Waals surface area contributed by atoms with Crippen molar-refractivity contribution in [3.05, 3.63) is 45.3 Å². The number of hydrogen-bond donors (Lipinski definition) is 0. The monoisotopic (exact) mass is 218 g/mol. The first-order valence-electron chi connectivity index (χ1n) is 5.31. The van der Waals surface area contributed by atoms with E-state index in [9.17, 15) is 10.1 Å². The van der Waals surface area contributed by atoms with Gasteiger partial charge < -0.3 is 9.94 Å². The van der Waals surface area contributed by atoms with Crippen LogP contribution in [0.1, 0.15) is 23.9 Å². The van der Waals surface area contributed by atoms with Crippen LogP contribution < -0.4 is 4.43 Å². The van der Waals surface area contributed by atoms with Crippen molar-refractivity contribution in [2.45, 2.75) is 27.2 Å². The van der Waals surface area contributed by atoms with Crippen LogP contribution in [0.4, 0.5) is 0 Å². The van der Waals surface area contributed by atoms with Gasteiger partial charge in [0.2, 0.25) is 0 Å². The number of fused-ring (bicyclic) bond motifs is 1. The number of aryl methyl sites for hydroxylation is 1. The van der Waals surface area contributed by atoms with Crippen LogP contribution in [0.25, 0.3) is 11.0 Å². The summed E-state index contributed by atoms with van der Waals surface area (Å²) < 4.78 is 1.70. The summed E-state index contributed by atoms with van der Waals surface area (Å²) in [5.41, 5.74) is 2.86. The molecule has 0 saturated heterocycles. The summed E-state index contributed by atoms with van der Waals surface area (Å²) in [4.78, 5) is 12.0. The molecule has 0 spiro atoms. The zero-order valence-electron chi connectivity index (χ0n) is 9.65. The molecule has 0 aliphatic carbocycles. The van der Waals surface area contributed by atoms with Crippen molar-refractivity contribution in [3.8, 4) is 0 Å². The topological polar surface area (TPSA) is 51.0 Å². The summed E-state index contributed by atoms with van der Waals surface area (Å²) in [5.74, 6) is 0. The molecule has 1 heterocycles. The van der Waals surface area contributed by atoms with E-state index < -0.39 is 0 Å². The van der Waals surface area contributed by atoms with E-state index in [0.29, 0.717) is 28.8 Å². The fourth-order valence-electron chi connectivity index (χ4n) is 1.96. The lowest BCUT2D eigenvalue weighted by atomic mass is 10.2. The molecule has 0 radical (unpaired) electrons. The van der Waals surface area contributed by atoms with Crippen molar-refractivity contribution in [2.24, 2.45) is 0 Å². The van der Waals surface area contributed by atoms with Crippen molar-refractivity contribution in [1.29, 1.82) is 0 Å². The molecule has 0 fully saturated rings. The third-order valence-electron chi connectivity index (χ3n) is 2.87. The molecule has 0 bridgehead atoms. The normalized spacial score (nSPS) is 10.9. The first-order chi connectivity index (χ1) is 7.56. The molecule has 0 saturated carbocycles. The van der Waals surface area contributed by atoms with Crippen molar-refractivity contribution in [3.63, 3.8) is 0 Å². The number of benzene rings is 1. The second-order valence-corrected chi connectivity index (χ2v) is 3.97. The van der Waals surface area contributed by atoms with Gasteiger partial charge in [0, 0.05) is 17.4 Å². The van der Waals surface area contributed by atoms with Gasteiger partial charge in [-0.1, -0.05) is 13.0 Å². The Balaban J connectivity index is 3.02. The van der Waals surface area contributed by atoms with E-state index in [1.165, 1.54) is 0 Å². The zero-order chi connectivity index (χ0) is 11.9. The average molecular weight is 218 g/mol. The molecule has 16 heavy (non-hydrogen) atoms. The lowest BCUT2D eigenvalue weighted by Crippen LogP contribution is -2.26. The van der Waals surface area contributed by atoms with Crippen molar-refractivity contribution in [1.82, 2.24) is 4.73 Å². The molecular formula is C12H14N2O2. The lowest BCUT2D eigenvalue weighted by Gasteiger charge is -2.16. The maximum atomic E-state index is 12.0. The highest BCUT2D eigenvalue weighted by Gasteiger charge is 2.17. The highest BCUT2D eigenvalue weighted by atomic mass is 16.5. The molecule has 2 rings (SSSR count). The third kappa shape index (κ3) is 1.38. The van der Waals surface area contributed by atoms with E-state index in [1.54, 1.807) is 19.1 Å². The van der Waals surface area contributed by atoms with Crippen LogP contribution >= 0.6 is 0 Å². The Labute approximate surface area is 93.3 Å². The van der Waals surface area contributed by atoms with Gasteiger partial charge >= 0.3 is 0 Å². The van der Waals surface area contributed by atoms with Crippen molar-refractivity contribution < 1.29 is 4.43 Å². The maximum absolute atomic E-state index is 12.0. The first-order valence-corrected chi connectivity index (χ1v) is 5.31. The fourth-order valence-corrected chi connectivity index (χ4v) is 1.96. The van der Waals surface area contributed by atoms with Crippen LogP contribution in [0.2, 0.25) is 0 Å². The molecule has 1 aromatic carbocycles. The van der Waals surface area contributed by atoms with Gasteiger partial charge in [-0.25, -0.2) is 0 Å². The number of nitrogens with zero attached hydrogens (tertiary/aromatic N) is 2. The van der Waals surface area contributed by atoms with E-state index in [1.807, 2.05) is 19.9 Å². The van der Waals surface area contributed by atoms with Gasteiger partial charge in [-0.3, -0.25) is 0 Å². The van der Waals surface area contributed by atoms with Crippen molar-refractivity contribution in [2.75, 3.05) is 0 Å². The Kier molecular flexibility index (Phi) is 2.42. The molecule has 1 aromatic heterocycles. The Morgan fingerprint density at radius 3 is 2.69 bits per heavy atom. The average Bonchev–Trinajstić information content (AvgIpc) is 2.27. The van der Waals surface area contributed by atoms with Crippen LogP contribution in [-0.4, -0.2) is 4.73 Å². The quantitative estimate of drug-likeness (QED) is 0.688. The van der Waals surface area contributed by atoms with Gasteiger partial charge in [0.1, 0.15) is 5.52 Å². The van der Waals surface area contributed by atoms with E-state index in [-0.39, 0.29) is 0 Å². The minimum Gasteiger partial charge on any atom is -0.805 e. The summed E-state index contributed by atoms with van der Waals surface area (Å²) >= 11 is 0. The second-order valence-electron chi connectivity index (χ2n) is 3.97. The summed E-state index contributed by atoms with van der Waals surface area (Å²) in [5, 5.41) is 12.0. The third-order valence-corrected chi connectivity index (χ3v) is 2.87. The largest absolute Gasteiger partial charge is 0.805 e. The SMILES string of the molecule is CCc1c(C)n([O-])c2cc(C)ccc2[n+]1=O. The zero-order valence-corrected chi connectivity index (χ0v) is 9.65. The highest BCUT2D eigenvalue weighted by molar-refractivity contribution is 5.73. The molecule has 2 aromatic rings. The summed E-state index contributed by atoms with van der Waals surface area (Å²) in [6, 6.07) is 5.28. The van der Waals surface area contributed by atoms with E-state index >= 15 is 0 Å². The molecular weight excluding hydrogens is 204 g/mol. The van der Waals surface area contributed by atoms with E-state index in [4.69, 9.17) is 0 Å².